The standard InChI is InChI=1S/C18H16N4OS/c1-23-15-7-8-16-17(11-15)21-18(20-16)24-12-13-3-5-14(6-4-13)22-10-2-9-19-22/h2-11H,12H2,1H3,(H,20,21). The second-order valence-corrected chi connectivity index (χ2v) is 6.29. The molecule has 0 radical (unpaired) electrons. The number of hydrogen-bond acceptors (Lipinski definition) is 4. The van der Waals surface area contributed by atoms with Gasteiger partial charge < -0.3 is 9.72 Å². The Kier molecular flexibility index (Phi) is 3.96. The number of nitrogens with zero attached hydrogens (tertiary/aromatic N) is 3. The first kappa shape index (κ1) is 14.8. The van der Waals surface area contributed by atoms with Crippen LogP contribution in [-0.2, 0) is 5.75 Å². The summed E-state index contributed by atoms with van der Waals surface area (Å²) in [5, 5.41) is 5.15. The molecule has 0 fully saturated rings. The van der Waals surface area contributed by atoms with Gasteiger partial charge in [0, 0.05) is 24.2 Å². The van der Waals surface area contributed by atoms with Crippen LogP contribution in [0.2, 0.25) is 0 Å². The summed E-state index contributed by atoms with van der Waals surface area (Å²) in [5.41, 5.74) is 4.25. The topological polar surface area (TPSA) is 55.7 Å². The quantitative estimate of drug-likeness (QED) is 0.559. The minimum atomic E-state index is 0.830. The maximum Gasteiger partial charge on any atom is 0.166 e. The molecule has 5 nitrogen and oxygen atoms in total. The molecule has 0 atom stereocenters. The highest BCUT2D eigenvalue weighted by atomic mass is 32.2. The average molecular weight is 336 g/mol. The number of aromatic amines is 1. The van der Waals surface area contributed by atoms with E-state index in [2.05, 4.69) is 39.3 Å². The van der Waals surface area contributed by atoms with Gasteiger partial charge >= 0.3 is 0 Å². The van der Waals surface area contributed by atoms with Crippen LogP contribution in [0, 0.1) is 0 Å². The fraction of sp³-hybridized carbons (Fsp3) is 0.111. The molecule has 120 valence electrons. The number of fused-ring (bicyclic) bond motifs is 1. The number of benzene rings is 2. The van der Waals surface area contributed by atoms with E-state index in [0.29, 0.717) is 0 Å². The zero-order valence-electron chi connectivity index (χ0n) is 13.1. The SMILES string of the molecule is COc1ccc2nc(SCc3ccc(-n4cccn4)cc3)[nH]c2c1. The Morgan fingerprint density at radius 1 is 1.17 bits per heavy atom. The lowest BCUT2D eigenvalue weighted by Gasteiger charge is -2.03. The second kappa shape index (κ2) is 6.41. The number of thioether (sulfide) groups is 1. The van der Waals surface area contributed by atoms with Crippen molar-refractivity contribution < 1.29 is 4.74 Å². The largest absolute Gasteiger partial charge is 0.497 e. The summed E-state index contributed by atoms with van der Waals surface area (Å²) in [6.07, 6.45) is 3.72. The van der Waals surface area contributed by atoms with Gasteiger partial charge in [0.15, 0.2) is 5.16 Å². The Morgan fingerprint density at radius 3 is 2.79 bits per heavy atom. The number of aromatic nitrogens is 4. The van der Waals surface area contributed by atoms with Gasteiger partial charge in [0.25, 0.3) is 0 Å². The molecular formula is C18H16N4OS. The first-order valence-electron chi connectivity index (χ1n) is 7.57. The van der Waals surface area contributed by atoms with E-state index in [1.807, 2.05) is 35.1 Å². The normalized spacial score (nSPS) is 11.0. The van der Waals surface area contributed by atoms with Crippen LogP contribution in [0.5, 0.6) is 5.75 Å². The van der Waals surface area contributed by atoms with E-state index >= 15 is 0 Å². The molecule has 0 saturated heterocycles. The van der Waals surface area contributed by atoms with Gasteiger partial charge in [-0.2, -0.15) is 5.10 Å². The summed E-state index contributed by atoms with van der Waals surface area (Å²) in [7, 11) is 1.67. The van der Waals surface area contributed by atoms with Crippen molar-refractivity contribution in [2.45, 2.75) is 10.9 Å². The molecule has 4 aromatic rings. The molecule has 4 rings (SSSR count). The Bertz CT molecular complexity index is 945. The Labute approximate surface area is 143 Å². The summed E-state index contributed by atoms with van der Waals surface area (Å²) in [6, 6.07) is 16.2. The van der Waals surface area contributed by atoms with Crippen molar-refractivity contribution in [3.8, 4) is 11.4 Å². The fourth-order valence-corrected chi connectivity index (χ4v) is 3.32. The van der Waals surface area contributed by atoms with E-state index in [4.69, 9.17) is 4.74 Å². The second-order valence-electron chi connectivity index (χ2n) is 5.33. The van der Waals surface area contributed by atoms with E-state index in [0.717, 1.165) is 33.4 Å². The van der Waals surface area contributed by atoms with Crippen LogP contribution >= 0.6 is 11.8 Å². The molecule has 1 N–H and O–H groups in total. The van der Waals surface area contributed by atoms with Crippen molar-refractivity contribution in [1.29, 1.82) is 0 Å². The molecule has 0 bridgehead atoms. The molecule has 24 heavy (non-hydrogen) atoms. The average Bonchev–Trinajstić information content (AvgIpc) is 3.29. The minimum Gasteiger partial charge on any atom is -0.497 e. The number of ether oxygens (including phenoxy) is 1. The van der Waals surface area contributed by atoms with Crippen LogP contribution in [-0.4, -0.2) is 26.9 Å². The molecule has 0 amide bonds. The van der Waals surface area contributed by atoms with Gasteiger partial charge in [-0.25, -0.2) is 9.67 Å². The molecule has 2 heterocycles. The van der Waals surface area contributed by atoms with Crippen LogP contribution in [0.25, 0.3) is 16.7 Å². The third-order valence-corrected chi connectivity index (χ3v) is 4.69. The third kappa shape index (κ3) is 3.00. The number of hydrogen-bond donors (Lipinski definition) is 1. The van der Waals surface area contributed by atoms with Crippen LogP contribution in [0.3, 0.4) is 0 Å². The van der Waals surface area contributed by atoms with E-state index in [1.54, 1.807) is 25.1 Å². The molecule has 0 saturated carbocycles. The van der Waals surface area contributed by atoms with Crippen molar-refractivity contribution in [3.05, 3.63) is 66.5 Å². The van der Waals surface area contributed by atoms with Gasteiger partial charge in [-0.15, -0.1) is 0 Å². The van der Waals surface area contributed by atoms with Gasteiger partial charge in [-0.1, -0.05) is 23.9 Å². The van der Waals surface area contributed by atoms with Crippen molar-refractivity contribution in [2.24, 2.45) is 0 Å². The highest BCUT2D eigenvalue weighted by Gasteiger charge is 2.05. The maximum absolute atomic E-state index is 5.24. The third-order valence-electron chi connectivity index (χ3n) is 3.75. The van der Waals surface area contributed by atoms with E-state index < -0.39 is 0 Å². The monoisotopic (exact) mass is 336 g/mol. The van der Waals surface area contributed by atoms with Crippen LogP contribution in [0.15, 0.2) is 66.1 Å². The van der Waals surface area contributed by atoms with Gasteiger partial charge in [0.05, 0.1) is 23.8 Å². The molecule has 0 aliphatic heterocycles. The molecule has 0 aliphatic carbocycles. The first-order valence-corrected chi connectivity index (χ1v) is 8.56. The van der Waals surface area contributed by atoms with Gasteiger partial charge in [0.2, 0.25) is 0 Å². The Hall–Kier alpha value is -2.73. The van der Waals surface area contributed by atoms with Crippen molar-refractivity contribution in [1.82, 2.24) is 19.7 Å². The first-order chi connectivity index (χ1) is 11.8. The number of methoxy groups -OCH3 is 1. The number of H-pyrrole nitrogens is 1. The molecule has 2 aromatic heterocycles. The number of nitrogens with one attached hydrogen (secondary N) is 1. The summed E-state index contributed by atoms with van der Waals surface area (Å²) < 4.78 is 7.09. The molecule has 0 unspecified atom stereocenters. The zero-order chi connectivity index (χ0) is 16.4. The van der Waals surface area contributed by atoms with Crippen molar-refractivity contribution >= 4 is 22.8 Å². The van der Waals surface area contributed by atoms with Crippen molar-refractivity contribution in [3.63, 3.8) is 0 Å². The van der Waals surface area contributed by atoms with Gasteiger partial charge in [-0.05, 0) is 35.9 Å². The highest BCUT2D eigenvalue weighted by Crippen LogP contribution is 2.25. The lowest BCUT2D eigenvalue weighted by atomic mass is 10.2. The Balaban J connectivity index is 1.46. The molecule has 0 spiro atoms. The van der Waals surface area contributed by atoms with E-state index in [9.17, 15) is 0 Å². The van der Waals surface area contributed by atoms with Gasteiger partial charge in [0.1, 0.15) is 5.75 Å². The van der Waals surface area contributed by atoms with Crippen molar-refractivity contribution in [2.75, 3.05) is 7.11 Å². The number of imidazole rings is 1. The maximum atomic E-state index is 5.24. The fourth-order valence-electron chi connectivity index (χ4n) is 2.48. The summed E-state index contributed by atoms with van der Waals surface area (Å²) in [4.78, 5) is 7.93. The molecular weight excluding hydrogens is 320 g/mol. The van der Waals surface area contributed by atoms with Gasteiger partial charge in [-0.3, -0.25) is 0 Å². The number of rotatable bonds is 5. The molecule has 2 aromatic carbocycles. The predicted molar refractivity (Wildman–Crippen MR) is 95.8 cm³/mol. The minimum absolute atomic E-state index is 0.830. The lowest BCUT2D eigenvalue weighted by Crippen LogP contribution is -1.93. The molecule has 6 heteroatoms. The van der Waals surface area contributed by atoms with E-state index in [1.165, 1.54) is 5.56 Å². The predicted octanol–water partition coefficient (Wildman–Crippen LogP) is 4.05. The summed E-state index contributed by atoms with van der Waals surface area (Å²) in [5.74, 6) is 1.69. The summed E-state index contributed by atoms with van der Waals surface area (Å²) >= 11 is 1.69. The van der Waals surface area contributed by atoms with Crippen LogP contribution < -0.4 is 4.74 Å². The smallest absolute Gasteiger partial charge is 0.166 e. The van der Waals surface area contributed by atoms with Crippen LogP contribution in [0.4, 0.5) is 0 Å². The highest BCUT2D eigenvalue weighted by molar-refractivity contribution is 7.98. The Morgan fingerprint density at radius 2 is 2.04 bits per heavy atom. The molecule has 0 aliphatic rings. The summed E-state index contributed by atoms with van der Waals surface area (Å²) in [6.45, 7) is 0. The zero-order valence-corrected chi connectivity index (χ0v) is 14.0. The van der Waals surface area contributed by atoms with E-state index in [-0.39, 0.29) is 0 Å². The lowest BCUT2D eigenvalue weighted by molar-refractivity contribution is 0.415. The van der Waals surface area contributed by atoms with Crippen LogP contribution in [0.1, 0.15) is 5.56 Å².